The smallest absolute Gasteiger partial charge is 0.341 e. The lowest BCUT2D eigenvalue weighted by atomic mass is 10.0. The maximum absolute atomic E-state index is 13.9. The molecule has 0 radical (unpaired) electrons. The summed E-state index contributed by atoms with van der Waals surface area (Å²) in [6.07, 6.45) is 0.0703. The first-order valence-corrected chi connectivity index (χ1v) is 12.9. The Morgan fingerprint density at radius 2 is 1.51 bits per heavy atom. The minimum Gasteiger partial charge on any atom is -0.465 e. The number of hydrogen-bond acceptors (Lipinski definition) is 6. The van der Waals surface area contributed by atoms with E-state index in [0.29, 0.717) is 16.0 Å². The molecule has 2 heterocycles. The molecule has 1 atom stereocenters. The zero-order valence-corrected chi connectivity index (χ0v) is 21.9. The van der Waals surface area contributed by atoms with E-state index in [1.54, 1.807) is 67.6 Å². The summed E-state index contributed by atoms with van der Waals surface area (Å²) in [5.41, 5.74) is 2.40. The van der Waals surface area contributed by atoms with Gasteiger partial charge in [-0.15, -0.1) is 11.3 Å². The Bertz CT molecular complexity index is 1560. The molecule has 0 saturated carbocycles. The first-order chi connectivity index (χ1) is 18.8. The third kappa shape index (κ3) is 4.84. The summed E-state index contributed by atoms with van der Waals surface area (Å²) in [4.78, 5) is 55.1. The molecule has 4 aromatic rings. The summed E-state index contributed by atoms with van der Waals surface area (Å²) in [5, 5.41) is 3.00. The number of amides is 3. The number of benzene rings is 3. The van der Waals surface area contributed by atoms with Crippen LogP contribution < -0.4 is 5.32 Å². The molecule has 1 aliphatic heterocycles. The molecular formula is C30H23FN2O5S. The highest BCUT2D eigenvalue weighted by atomic mass is 32.1. The van der Waals surface area contributed by atoms with Crippen LogP contribution in [-0.4, -0.2) is 41.7 Å². The fourth-order valence-electron chi connectivity index (χ4n) is 4.72. The van der Waals surface area contributed by atoms with Gasteiger partial charge < -0.3 is 10.1 Å². The number of ether oxygens (including phenoxy) is 1. The van der Waals surface area contributed by atoms with Crippen LogP contribution >= 0.6 is 11.3 Å². The van der Waals surface area contributed by atoms with Gasteiger partial charge in [-0.2, -0.15) is 0 Å². The number of halogens is 1. The summed E-state index contributed by atoms with van der Waals surface area (Å²) >= 11 is 1.15. The van der Waals surface area contributed by atoms with Gasteiger partial charge in [0.05, 0.1) is 18.2 Å². The number of carbonyl (C=O) groups is 4. The molecule has 0 saturated heterocycles. The first kappa shape index (κ1) is 26.0. The summed E-state index contributed by atoms with van der Waals surface area (Å²) in [5.74, 6) is -2.87. The molecule has 39 heavy (non-hydrogen) atoms. The highest BCUT2D eigenvalue weighted by molar-refractivity contribution is 7.17. The van der Waals surface area contributed by atoms with Gasteiger partial charge in [-0.1, -0.05) is 54.6 Å². The molecule has 1 aromatic heterocycles. The van der Waals surface area contributed by atoms with E-state index in [1.165, 1.54) is 19.2 Å². The van der Waals surface area contributed by atoms with Crippen molar-refractivity contribution in [2.75, 3.05) is 12.4 Å². The lowest BCUT2D eigenvalue weighted by Crippen LogP contribution is -2.48. The number of hydrogen-bond donors (Lipinski definition) is 1. The van der Waals surface area contributed by atoms with Crippen LogP contribution in [0, 0.1) is 12.7 Å². The second kappa shape index (κ2) is 10.6. The van der Waals surface area contributed by atoms with E-state index in [2.05, 4.69) is 5.32 Å². The number of thiophene rings is 1. The topological polar surface area (TPSA) is 92.8 Å². The molecule has 1 unspecified atom stereocenters. The lowest BCUT2D eigenvalue weighted by molar-refractivity contribution is -0.119. The molecule has 5 rings (SSSR count). The molecule has 1 aliphatic rings. The second-order valence-electron chi connectivity index (χ2n) is 8.96. The van der Waals surface area contributed by atoms with Crippen LogP contribution in [0.25, 0.3) is 11.1 Å². The van der Waals surface area contributed by atoms with E-state index in [-0.39, 0.29) is 28.1 Å². The van der Waals surface area contributed by atoms with Crippen LogP contribution in [0.1, 0.15) is 41.5 Å². The number of imide groups is 1. The van der Waals surface area contributed by atoms with Crippen molar-refractivity contribution in [2.24, 2.45) is 0 Å². The fraction of sp³-hybridized carbons (Fsp3) is 0.133. The van der Waals surface area contributed by atoms with Crippen LogP contribution in [-0.2, 0) is 16.0 Å². The van der Waals surface area contributed by atoms with Crippen molar-refractivity contribution in [1.82, 2.24) is 4.90 Å². The SMILES string of the molecule is COC(=O)c1c(NC(=O)C(Cc2ccccc2)N2C(=O)c3ccccc3C2=O)sc(C)c1-c1ccc(F)cc1. The van der Waals surface area contributed by atoms with Gasteiger partial charge in [0.1, 0.15) is 22.4 Å². The maximum atomic E-state index is 13.9. The normalized spacial score (nSPS) is 13.3. The van der Waals surface area contributed by atoms with Gasteiger partial charge in [-0.3, -0.25) is 19.3 Å². The van der Waals surface area contributed by atoms with Crippen LogP contribution in [0.4, 0.5) is 9.39 Å². The Kier molecular flexibility index (Phi) is 7.08. The van der Waals surface area contributed by atoms with E-state index >= 15 is 0 Å². The van der Waals surface area contributed by atoms with Gasteiger partial charge in [-0.25, -0.2) is 9.18 Å². The van der Waals surface area contributed by atoms with Gasteiger partial charge in [-0.05, 0) is 42.3 Å². The van der Waals surface area contributed by atoms with E-state index in [9.17, 15) is 23.6 Å². The Hall–Kier alpha value is -4.63. The van der Waals surface area contributed by atoms with Crippen molar-refractivity contribution in [3.8, 4) is 11.1 Å². The van der Waals surface area contributed by atoms with Gasteiger partial charge in [0.25, 0.3) is 11.8 Å². The largest absolute Gasteiger partial charge is 0.465 e. The van der Waals surface area contributed by atoms with Crippen LogP contribution in [0.15, 0.2) is 78.9 Å². The van der Waals surface area contributed by atoms with Crippen LogP contribution in [0.3, 0.4) is 0 Å². The van der Waals surface area contributed by atoms with Gasteiger partial charge in [0.2, 0.25) is 5.91 Å². The molecule has 3 aromatic carbocycles. The van der Waals surface area contributed by atoms with E-state index in [0.717, 1.165) is 21.8 Å². The zero-order valence-electron chi connectivity index (χ0n) is 21.1. The average molecular weight is 543 g/mol. The Morgan fingerprint density at radius 3 is 2.10 bits per heavy atom. The Labute approximate surface area is 227 Å². The molecule has 9 heteroatoms. The number of carbonyl (C=O) groups excluding carboxylic acids is 4. The van der Waals surface area contributed by atoms with Crippen molar-refractivity contribution in [3.05, 3.63) is 112 Å². The van der Waals surface area contributed by atoms with Gasteiger partial charge in [0.15, 0.2) is 0 Å². The molecule has 0 spiro atoms. The molecule has 0 fully saturated rings. The van der Waals surface area contributed by atoms with Crippen molar-refractivity contribution in [3.63, 3.8) is 0 Å². The van der Waals surface area contributed by atoms with Crippen molar-refractivity contribution in [2.45, 2.75) is 19.4 Å². The number of anilines is 1. The summed E-state index contributed by atoms with van der Waals surface area (Å²) in [7, 11) is 1.23. The summed E-state index contributed by atoms with van der Waals surface area (Å²) in [6, 6.07) is 19.9. The first-order valence-electron chi connectivity index (χ1n) is 12.1. The van der Waals surface area contributed by atoms with Gasteiger partial charge >= 0.3 is 5.97 Å². The molecule has 3 amide bonds. The minimum atomic E-state index is -1.19. The number of methoxy groups -OCH3 is 1. The quantitative estimate of drug-likeness (QED) is 0.246. The van der Waals surface area contributed by atoms with E-state index in [4.69, 9.17) is 4.74 Å². The third-order valence-electron chi connectivity index (χ3n) is 6.56. The summed E-state index contributed by atoms with van der Waals surface area (Å²) < 4.78 is 18.6. The maximum Gasteiger partial charge on any atom is 0.341 e. The zero-order chi connectivity index (χ0) is 27.7. The number of aryl methyl sites for hydroxylation is 1. The van der Waals surface area contributed by atoms with E-state index in [1.807, 2.05) is 6.07 Å². The fourth-order valence-corrected chi connectivity index (χ4v) is 5.79. The average Bonchev–Trinajstić information content (AvgIpc) is 3.40. The van der Waals surface area contributed by atoms with Crippen molar-refractivity contribution >= 4 is 40.0 Å². The summed E-state index contributed by atoms with van der Waals surface area (Å²) in [6.45, 7) is 1.77. The lowest BCUT2D eigenvalue weighted by Gasteiger charge is -2.25. The second-order valence-corrected chi connectivity index (χ2v) is 10.2. The van der Waals surface area contributed by atoms with Crippen molar-refractivity contribution < 1.29 is 28.3 Å². The molecule has 0 aliphatic carbocycles. The number of nitrogens with zero attached hydrogens (tertiary/aromatic N) is 1. The number of rotatable bonds is 7. The van der Waals surface area contributed by atoms with E-state index < -0.39 is 35.5 Å². The number of nitrogens with one attached hydrogen (secondary N) is 1. The van der Waals surface area contributed by atoms with Crippen molar-refractivity contribution in [1.29, 1.82) is 0 Å². The number of fused-ring (bicyclic) bond motifs is 1. The minimum absolute atomic E-state index is 0.0703. The molecule has 0 bridgehead atoms. The molecule has 1 N–H and O–H groups in total. The van der Waals surface area contributed by atoms with Crippen LogP contribution in [0.5, 0.6) is 0 Å². The predicted octanol–water partition coefficient (Wildman–Crippen LogP) is 5.50. The Balaban J connectivity index is 1.55. The molecule has 7 nitrogen and oxygen atoms in total. The molecular weight excluding hydrogens is 519 g/mol. The standard InChI is InChI=1S/C30H23FN2O5S/c1-17-24(19-12-14-20(31)15-13-19)25(30(37)38-2)27(39-17)32-26(34)23(16-18-8-4-3-5-9-18)33-28(35)21-10-6-7-11-22(21)29(33)36/h3-15,23H,16H2,1-2H3,(H,32,34). The Morgan fingerprint density at radius 1 is 0.923 bits per heavy atom. The molecule has 196 valence electrons. The third-order valence-corrected chi connectivity index (χ3v) is 7.58. The van der Waals surface area contributed by atoms with Gasteiger partial charge in [0, 0.05) is 16.9 Å². The predicted molar refractivity (Wildman–Crippen MR) is 145 cm³/mol. The number of esters is 1. The highest BCUT2D eigenvalue weighted by Crippen LogP contribution is 2.41. The monoisotopic (exact) mass is 542 g/mol. The van der Waals surface area contributed by atoms with Crippen LogP contribution in [0.2, 0.25) is 0 Å². The highest BCUT2D eigenvalue weighted by Gasteiger charge is 2.43.